The van der Waals surface area contributed by atoms with Crippen molar-refractivity contribution < 1.29 is 9.72 Å². The minimum atomic E-state index is -0.495. The summed E-state index contributed by atoms with van der Waals surface area (Å²) in [5, 5.41) is 13.4. The molecule has 2 heterocycles. The number of carbonyl (C=O) groups excluding carboxylic acids is 1. The SMILES string of the molecule is O=C(NCc1ccnc(N2CCCCC2)n1)c1ccc([N+](=O)[O-])cc1. The lowest BCUT2D eigenvalue weighted by atomic mass is 10.1. The number of nitro groups is 1. The number of aromatic nitrogens is 2. The summed E-state index contributed by atoms with van der Waals surface area (Å²) in [5.41, 5.74) is 1.06. The van der Waals surface area contributed by atoms with E-state index in [2.05, 4.69) is 20.2 Å². The van der Waals surface area contributed by atoms with Crippen LogP contribution >= 0.6 is 0 Å². The third-order valence-corrected chi connectivity index (χ3v) is 4.11. The molecule has 3 rings (SSSR count). The Labute approximate surface area is 145 Å². The normalized spacial score (nSPS) is 14.2. The first-order chi connectivity index (χ1) is 12.1. The summed E-state index contributed by atoms with van der Waals surface area (Å²) in [6.45, 7) is 2.19. The summed E-state index contributed by atoms with van der Waals surface area (Å²) < 4.78 is 0. The fraction of sp³-hybridized carbons (Fsp3) is 0.353. The van der Waals surface area contributed by atoms with Crippen molar-refractivity contribution in [2.24, 2.45) is 0 Å². The summed E-state index contributed by atoms with van der Waals surface area (Å²) in [6.07, 6.45) is 5.22. The van der Waals surface area contributed by atoms with Crippen molar-refractivity contribution in [2.45, 2.75) is 25.8 Å². The van der Waals surface area contributed by atoms with Crippen molar-refractivity contribution in [3.63, 3.8) is 0 Å². The summed E-state index contributed by atoms with van der Waals surface area (Å²) in [5.74, 6) is 0.398. The number of nitrogens with zero attached hydrogens (tertiary/aromatic N) is 4. The molecule has 8 nitrogen and oxygen atoms in total. The number of anilines is 1. The Hall–Kier alpha value is -3.03. The molecule has 8 heteroatoms. The van der Waals surface area contributed by atoms with Crippen LogP contribution < -0.4 is 10.2 Å². The first-order valence-corrected chi connectivity index (χ1v) is 8.23. The lowest BCUT2D eigenvalue weighted by molar-refractivity contribution is -0.384. The minimum absolute atomic E-state index is 0.0430. The van der Waals surface area contributed by atoms with Gasteiger partial charge in [-0.25, -0.2) is 9.97 Å². The number of amides is 1. The molecule has 0 aliphatic carbocycles. The molecule has 0 spiro atoms. The molecule has 25 heavy (non-hydrogen) atoms. The molecule has 1 aliphatic rings. The Bertz CT molecular complexity index is 757. The topological polar surface area (TPSA) is 101 Å². The molecule has 1 N–H and O–H groups in total. The largest absolute Gasteiger partial charge is 0.346 e. The minimum Gasteiger partial charge on any atom is -0.346 e. The molecule has 2 aromatic rings. The molecular weight excluding hydrogens is 322 g/mol. The second-order valence-corrected chi connectivity index (χ2v) is 5.88. The van der Waals surface area contributed by atoms with E-state index in [4.69, 9.17) is 0 Å². The van der Waals surface area contributed by atoms with Gasteiger partial charge in [-0.2, -0.15) is 0 Å². The standard InChI is InChI=1S/C17H19N5O3/c23-16(13-4-6-15(7-5-13)22(24)25)19-12-14-8-9-18-17(20-14)21-10-2-1-3-11-21/h4-9H,1-3,10-12H2,(H,19,23). The highest BCUT2D eigenvalue weighted by atomic mass is 16.6. The highest BCUT2D eigenvalue weighted by molar-refractivity contribution is 5.94. The smallest absolute Gasteiger partial charge is 0.269 e. The predicted molar refractivity (Wildman–Crippen MR) is 92.4 cm³/mol. The van der Waals surface area contributed by atoms with Crippen molar-refractivity contribution in [3.05, 3.63) is 57.9 Å². The van der Waals surface area contributed by atoms with E-state index in [9.17, 15) is 14.9 Å². The monoisotopic (exact) mass is 341 g/mol. The van der Waals surface area contributed by atoms with Crippen LogP contribution in [0.4, 0.5) is 11.6 Å². The highest BCUT2D eigenvalue weighted by Crippen LogP contribution is 2.15. The van der Waals surface area contributed by atoms with Crippen LogP contribution in [0.1, 0.15) is 35.3 Å². The zero-order chi connectivity index (χ0) is 17.6. The molecule has 0 atom stereocenters. The third kappa shape index (κ3) is 4.28. The summed E-state index contributed by atoms with van der Waals surface area (Å²) in [7, 11) is 0. The van der Waals surface area contributed by atoms with Gasteiger partial charge in [0.25, 0.3) is 11.6 Å². The van der Waals surface area contributed by atoms with Crippen LogP contribution in [0.5, 0.6) is 0 Å². The molecule has 1 aromatic carbocycles. The number of benzene rings is 1. The van der Waals surface area contributed by atoms with E-state index in [0.29, 0.717) is 11.5 Å². The van der Waals surface area contributed by atoms with Gasteiger partial charge in [0.1, 0.15) is 0 Å². The number of hydrogen-bond acceptors (Lipinski definition) is 6. The molecule has 0 radical (unpaired) electrons. The molecule has 0 unspecified atom stereocenters. The van der Waals surface area contributed by atoms with Gasteiger partial charge in [-0.05, 0) is 37.5 Å². The lowest BCUT2D eigenvalue weighted by Crippen LogP contribution is -2.31. The van der Waals surface area contributed by atoms with Crippen LogP contribution in [0.25, 0.3) is 0 Å². The summed E-state index contributed by atoms with van der Waals surface area (Å²) in [4.78, 5) is 33.3. The average molecular weight is 341 g/mol. The van der Waals surface area contributed by atoms with Gasteiger partial charge in [0.15, 0.2) is 0 Å². The van der Waals surface area contributed by atoms with Crippen molar-refractivity contribution in [3.8, 4) is 0 Å². The van der Waals surface area contributed by atoms with Gasteiger partial charge in [-0.15, -0.1) is 0 Å². The van der Waals surface area contributed by atoms with E-state index in [0.717, 1.165) is 31.6 Å². The van der Waals surface area contributed by atoms with Gasteiger partial charge in [0.2, 0.25) is 5.95 Å². The van der Waals surface area contributed by atoms with Gasteiger partial charge in [0, 0.05) is 37.0 Å². The Kier molecular flexibility index (Phi) is 5.17. The van der Waals surface area contributed by atoms with Crippen molar-refractivity contribution >= 4 is 17.5 Å². The average Bonchev–Trinajstić information content (AvgIpc) is 2.67. The van der Waals surface area contributed by atoms with Crippen LogP contribution in [-0.4, -0.2) is 33.9 Å². The molecular formula is C17H19N5O3. The maximum absolute atomic E-state index is 12.2. The Morgan fingerprint density at radius 2 is 1.88 bits per heavy atom. The zero-order valence-corrected chi connectivity index (χ0v) is 13.7. The number of hydrogen-bond donors (Lipinski definition) is 1. The van der Waals surface area contributed by atoms with Crippen molar-refractivity contribution in [2.75, 3.05) is 18.0 Å². The molecule has 130 valence electrons. The highest BCUT2D eigenvalue weighted by Gasteiger charge is 2.14. The molecule has 0 bridgehead atoms. The van der Waals surface area contributed by atoms with Crippen molar-refractivity contribution in [1.29, 1.82) is 0 Å². The van der Waals surface area contributed by atoms with Gasteiger partial charge >= 0.3 is 0 Å². The second-order valence-electron chi connectivity index (χ2n) is 5.88. The number of non-ortho nitro benzene ring substituents is 1. The quantitative estimate of drug-likeness (QED) is 0.661. The fourth-order valence-electron chi connectivity index (χ4n) is 2.74. The van der Waals surface area contributed by atoms with Crippen LogP contribution in [0.2, 0.25) is 0 Å². The van der Waals surface area contributed by atoms with E-state index < -0.39 is 4.92 Å². The van der Waals surface area contributed by atoms with E-state index in [1.807, 2.05) is 0 Å². The van der Waals surface area contributed by atoms with Gasteiger partial charge in [-0.3, -0.25) is 14.9 Å². The van der Waals surface area contributed by atoms with Crippen LogP contribution in [0.15, 0.2) is 36.5 Å². The first-order valence-electron chi connectivity index (χ1n) is 8.23. The van der Waals surface area contributed by atoms with Crippen LogP contribution in [0, 0.1) is 10.1 Å². The van der Waals surface area contributed by atoms with Crippen LogP contribution in [-0.2, 0) is 6.54 Å². The molecule has 1 aromatic heterocycles. The third-order valence-electron chi connectivity index (χ3n) is 4.11. The number of rotatable bonds is 5. The van der Waals surface area contributed by atoms with Crippen LogP contribution in [0.3, 0.4) is 0 Å². The first kappa shape index (κ1) is 16.8. The number of nitrogens with one attached hydrogen (secondary N) is 1. The van der Waals surface area contributed by atoms with E-state index in [1.54, 1.807) is 12.3 Å². The molecule has 0 saturated carbocycles. The molecule has 1 aliphatic heterocycles. The van der Waals surface area contributed by atoms with E-state index in [-0.39, 0.29) is 18.1 Å². The van der Waals surface area contributed by atoms with E-state index in [1.165, 1.54) is 30.7 Å². The number of nitro benzene ring substituents is 1. The van der Waals surface area contributed by atoms with Crippen molar-refractivity contribution in [1.82, 2.24) is 15.3 Å². The maximum Gasteiger partial charge on any atom is 0.269 e. The summed E-state index contributed by atoms with van der Waals surface area (Å²) >= 11 is 0. The second kappa shape index (κ2) is 7.69. The predicted octanol–water partition coefficient (Wildman–Crippen LogP) is 2.31. The zero-order valence-electron chi connectivity index (χ0n) is 13.7. The lowest BCUT2D eigenvalue weighted by Gasteiger charge is -2.26. The molecule has 1 saturated heterocycles. The number of piperidine rings is 1. The Morgan fingerprint density at radius 1 is 1.16 bits per heavy atom. The van der Waals surface area contributed by atoms with E-state index >= 15 is 0 Å². The fourth-order valence-corrected chi connectivity index (χ4v) is 2.74. The molecule has 1 amide bonds. The number of carbonyl (C=O) groups is 1. The summed E-state index contributed by atoms with van der Waals surface area (Å²) in [6, 6.07) is 7.27. The van der Waals surface area contributed by atoms with Gasteiger partial charge in [-0.1, -0.05) is 0 Å². The Morgan fingerprint density at radius 3 is 2.56 bits per heavy atom. The Balaban J connectivity index is 1.61. The maximum atomic E-state index is 12.2. The van der Waals surface area contributed by atoms with Gasteiger partial charge in [0.05, 0.1) is 17.2 Å². The van der Waals surface area contributed by atoms with Gasteiger partial charge < -0.3 is 10.2 Å². The molecule has 1 fully saturated rings.